The quantitative estimate of drug-likeness (QED) is 0.764. The van der Waals surface area contributed by atoms with Crippen molar-refractivity contribution < 1.29 is 8.42 Å². The number of nitrogens with one attached hydrogen (secondary N) is 1. The van der Waals surface area contributed by atoms with Crippen molar-refractivity contribution in [3.05, 3.63) is 46.7 Å². The largest absolute Gasteiger partial charge is 0.263 e. The van der Waals surface area contributed by atoms with Gasteiger partial charge in [0.2, 0.25) is 0 Å². The Morgan fingerprint density at radius 3 is 2.52 bits per heavy atom. The van der Waals surface area contributed by atoms with Gasteiger partial charge in [0.25, 0.3) is 10.0 Å². The van der Waals surface area contributed by atoms with E-state index in [1.54, 1.807) is 31.2 Å². The van der Waals surface area contributed by atoms with Crippen molar-refractivity contribution in [3.63, 3.8) is 0 Å². The van der Waals surface area contributed by atoms with Crippen LogP contribution >= 0.6 is 15.9 Å². The first-order chi connectivity index (χ1) is 9.95. The molecular weight excluding hydrogens is 358 g/mol. The Morgan fingerprint density at radius 2 is 1.81 bits per heavy atom. The number of hydrogen-bond acceptors (Lipinski definition) is 5. The van der Waals surface area contributed by atoms with Gasteiger partial charge in [-0.3, -0.25) is 4.72 Å². The molecule has 0 amide bonds. The molecule has 0 aliphatic rings. The molecule has 0 aliphatic heterocycles. The molecule has 1 aromatic carbocycles. The molecule has 9 heteroatoms. The van der Waals surface area contributed by atoms with E-state index >= 15 is 0 Å². The Bertz CT molecular complexity index is 905. The zero-order valence-corrected chi connectivity index (χ0v) is 13.3. The minimum atomic E-state index is -3.68. The lowest BCUT2D eigenvalue weighted by atomic mass is 10.4. The molecule has 0 fully saturated rings. The summed E-state index contributed by atoms with van der Waals surface area (Å²) in [5.74, 6) is 0.781. The van der Waals surface area contributed by atoms with Crippen molar-refractivity contribution in [2.24, 2.45) is 0 Å². The summed E-state index contributed by atoms with van der Waals surface area (Å²) >= 11 is 3.26. The highest BCUT2D eigenvalue weighted by molar-refractivity contribution is 9.10. The molecule has 0 saturated carbocycles. The van der Waals surface area contributed by atoms with Crippen molar-refractivity contribution in [2.45, 2.75) is 11.8 Å². The number of halogens is 1. The fraction of sp³-hybridized carbons (Fsp3) is 0.0833. The molecule has 7 nitrogen and oxygen atoms in total. The van der Waals surface area contributed by atoms with E-state index in [4.69, 9.17) is 0 Å². The molecule has 3 aromatic rings. The minimum absolute atomic E-state index is 0.160. The molecule has 2 heterocycles. The van der Waals surface area contributed by atoms with Crippen LogP contribution < -0.4 is 4.72 Å². The second kappa shape index (κ2) is 5.08. The molecule has 0 bridgehead atoms. The van der Waals surface area contributed by atoms with Crippen molar-refractivity contribution in [1.82, 2.24) is 19.8 Å². The summed E-state index contributed by atoms with van der Waals surface area (Å²) < 4.78 is 29.2. The Labute approximate surface area is 129 Å². The van der Waals surface area contributed by atoms with Crippen LogP contribution in [-0.4, -0.2) is 28.2 Å². The lowest BCUT2D eigenvalue weighted by Gasteiger charge is -2.07. The van der Waals surface area contributed by atoms with Crippen LogP contribution in [0.25, 0.3) is 5.65 Å². The van der Waals surface area contributed by atoms with Crippen molar-refractivity contribution in [2.75, 3.05) is 4.72 Å². The summed E-state index contributed by atoms with van der Waals surface area (Å²) in [7, 11) is -3.68. The number of fused-ring (bicyclic) bond motifs is 1. The van der Waals surface area contributed by atoms with Crippen LogP contribution in [-0.2, 0) is 10.0 Å². The maximum absolute atomic E-state index is 12.3. The number of benzene rings is 1. The number of nitrogens with zero attached hydrogens (tertiary/aromatic N) is 4. The van der Waals surface area contributed by atoms with E-state index in [-0.39, 0.29) is 10.7 Å². The molecule has 1 N–H and O–H groups in total. The van der Waals surface area contributed by atoms with Crippen LogP contribution in [0, 0.1) is 6.92 Å². The standard InChI is InChI=1S/C12H10BrN5O2S/c1-8-14-15-12-7-6-11(16-18(8)12)17-21(19,20)10-4-2-9(13)3-5-10/h2-7H,1H3,(H,16,17). The van der Waals surface area contributed by atoms with Gasteiger partial charge < -0.3 is 0 Å². The third kappa shape index (κ3) is 2.74. The average molecular weight is 368 g/mol. The zero-order valence-electron chi connectivity index (χ0n) is 10.9. The van der Waals surface area contributed by atoms with Crippen LogP contribution in [0.2, 0.25) is 0 Å². The van der Waals surface area contributed by atoms with Crippen LogP contribution in [0.3, 0.4) is 0 Å². The number of anilines is 1. The molecule has 0 radical (unpaired) electrons. The molecule has 0 saturated heterocycles. The van der Waals surface area contributed by atoms with E-state index in [9.17, 15) is 8.42 Å². The Hall–Kier alpha value is -2.00. The van der Waals surface area contributed by atoms with Crippen molar-refractivity contribution >= 4 is 37.4 Å². The molecule has 2 aromatic heterocycles. The first kappa shape index (κ1) is 14.0. The van der Waals surface area contributed by atoms with Gasteiger partial charge in [0.1, 0.15) is 0 Å². The zero-order chi connectivity index (χ0) is 15.0. The molecule has 0 spiro atoms. The summed E-state index contributed by atoms with van der Waals surface area (Å²) in [4.78, 5) is 0.160. The summed E-state index contributed by atoms with van der Waals surface area (Å²) in [6.45, 7) is 1.74. The molecule has 21 heavy (non-hydrogen) atoms. The Balaban J connectivity index is 1.96. The Morgan fingerprint density at radius 1 is 1.10 bits per heavy atom. The molecule has 108 valence electrons. The van der Waals surface area contributed by atoms with E-state index in [1.165, 1.54) is 16.6 Å². The van der Waals surface area contributed by atoms with Gasteiger partial charge in [-0.1, -0.05) is 15.9 Å². The number of rotatable bonds is 3. The fourth-order valence-corrected chi connectivity index (χ4v) is 3.02. The second-order valence-electron chi connectivity index (χ2n) is 4.30. The summed E-state index contributed by atoms with van der Waals surface area (Å²) in [6, 6.07) is 9.53. The van der Waals surface area contributed by atoms with Gasteiger partial charge in [-0.15, -0.1) is 15.3 Å². The van der Waals surface area contributed by atoms with Crippen molar-refractivity contribution in [1.29, 1.82) is 0 Å². The van der Waals surface area contributed by atoms with Crippen LogP contribution in [0.4, 0.5) is 5.82 Å². The average Bonchev–Trinajstić information content (AvgIpc) is 2.80. The first-order valence-electron chi connectivity index (χ1n) is 5.93. The predicted octanol–water partition coefficient (Wildman–Crippen LogP) is 2.00. The monoisotopic (exact) mass is 367 g/mol. The number of aryl methyl sites for hydroxylation is 1. The predicted molar refractivity (Wildman–Crippen MR) is 80.5 cm³/mol. The lowest BCUT2D eigenvalue weighted by molar-refractivity contribution is 0.601. The summed E-state index contributed by atoms with van der Waals surface area (Å²) in [5.41, 5.74) is 0.555. The maximum Gasteiger partial charge on any atom is 0.263 e. The van der Waals surface area contributed by atoms with Gasteiger partial charge in [-0.25, -0.2) is 8.42 Å². The van der Waals surface area contributed by atoms with Gasteiger partial charge in [0.05, 0.1) is 4.90 Å². The minimum Gasteiger partial charge on any atom is -0.262 e. The number of hydrogen-bond donors (Lipinski definition) is 1. The molecule has 0 unspecified atom stereocenters. The third-order valence-electron chi connectivity index (χ3n) is 2.78. The highest BCUT2D eigenvalue weighted by Gasteiger charge is 2.15. The molecular formula is C12H10BrN5O2S. The van der Waals surface area contributed by atoms with Gasteiger partial charge in [-0.05, 0) is 43.3 Å². The third-order valence-corrected chi connectivity index (χ3v) is 4.68. The van der Waals surface area contributed by atoms with E-state index in [0.29, 0.717) is 11.5 Å². The van der Waals surface area contributed by atoms with E-state index < -0.39 is 10.0 Å². The van der Waals surface area contributed by atoms with E-state index in [0.717, 1.165) is 4.47 Å². The summed E-state index contributed by atoms with van der Waals surface area (Å²) in [6.07, 6.45) is 0. The van der Waals surface area contributed by atoms with Gasteiger partial charge in [0, 0.05) is 4.47 Å². The SMILES string of the molecule is Cc1nnc2ccc(NS(=O)(=O)c3ccc(Br)cc3)nn12. The van der Waals surface area contributed by atoms with E-state index in [2.05, 4.69) is 35.9 Å². The van der Waals surface area contributed by atoms with E-state index in [1.807, 2.05) is 0 Å². The highest BCUT2D eigenvalue weighted by Crippen LogP contribution is 2.17. The van der Waals surface area contributed by atoms with Crippen LogP contribution in [0.5, 0.6) is 0 Å². The maximum atomic E-state index is 12.3. The fourth-order valence-electron chi connectivity index (χ4n) is 1.76. The van der Waals surface area contributed by atoms with Gasteiger partial charge >= 0.3 is 0 Å². The smallest absolute Gasteiger partial charge is 0.262 e. The van der Waals surface area contributed by atoms with Crippen molar-refractivity contribution in [3.8, 4) is 0 Å². The van der Waals surface area contributed by atoms with Gasteiger partial charge in [-0.2, -0.15) is 4.52 Å². The number of aromatic nitrogens is 4. The normalized spacial score (nSPS) is 11.7. The first-order valence-corrected chi connectivity index (χ1v) is 8.21. The molecule has 0 aliphatic carbocycles. The Kier molecular flexibility index (Phi) is 3.38. The van der Waals surface area contributed by atoms with Crippen LogP contribution in [0.15, 0.2) is 45.8 Å². The van der Waals surface area contributed by atoms with Gasteiger partial charge in [0.15, 0.2) is 17.3 Å². The summed E-state index contributed by atoms with van der Waals surface area (Å²) in [5, 5.41) is 11.9. The lowest BCUT2D eigenvalue weighted by Crippen LogP contribution is -2.14. The number of sulfonamides is 1. The molecule has 3 rings (SSSR count). The molecule has 0 atom stereocenters. The second-order valence-corrected chi connectivity index (χ2v) is 6.89. The van der Waals surface area contributed by atoms with Crippen LogP contribution in [0.1, 0.15) is 5.82 Å². The highest BCUT2D eigenvalue weighted by atomic mass is 79.9. The topological polar surface area (TPSA) is 89.2 Å².